The van der Waals surface area contributed by atoms with Gasteiger partial charge >= 0.3 is 11.9 Å². The summed E-state index contributed by atoms with van der Waals surface area (Å²) in [5.41, 5.74) is 0. The van der Waals surface area contributed by atoms with Gasteiger partial charge in [-0.05, 0) is 6.42 Å². The summed E-state index contributed by atoms with van der Waals surface area (Å²) in [6, 6.07) is 0. The maximum absolute atomic E-state index is 11.2. The summed E-state index contributed by atoms with van der Waals surface area (Å²) in [5.74, 6) is -0.480. The Balaban J connectivity index is 3.07. The molecule has 0 aliphatic carbocycles. The van der Waals surface area contributed by atoms with E-state index in [1.54, 1.807) is 0 Å². The molecular formula is C30H58O15. The molecule has 15 nitrogen and oxygen atoms in total. The number of hydrogen-bond donors (Lipinski definition) is 0. The molecule has 0 heterocycles. The first kappa shape index (κ1) is 43.5. The van der Waals surface area contributed by atoms with Gasteiger partial charge in [0.2, 0.25) is 0 Å². The van der Waals surface area contributed by atoms with Crippen LogP contribution in [0, 0.1) is 0 Å². The van der Waals surface area contributed by atoms with Crippen molar-refractivity contribution in [3.8, 4) is 0 Å². The molecule has 0 radical (unpaired) electrons. The lowest BCUT2D eigenvalue weighted by atomic mass is 10.3. The van der Waals surface area contributed by atoms with E-state index in [1.807, 2.05) is 6.92 Å². The molecule has 0 aliphatic rings. The van der Waals surface area contributed by atoms with Crippen LogP contribution in [0.15, 0.2) is 0 Å². The van der Waals surface area contributed by atoms with Crippen molar-refractivity contribution in [2.75, 3.05) is 159 Å². The summed E-state index contributed by atoms with van der Waals surface area (Å²) >= 11 is 0. The molecule has 0 fully saturated rings. The maximum atomic E-state index is 11.2. The Morgan fingerprint density at radius 1 is 0.333 bits per heavy atom. The molecule has 0 rings (SSSR count). The summed E-state index contributed by atoms with van der Waals surface area (Å²) in [6.07, 6.45) is 1.46. The largest absolute Gasteiger partial charge is 0.469 e. The quantitative estimate of drug-likeness (QED) is 0.0686. The number of methoxy groups -OCH3 is 1. The van der Waals surface area contributed by atoms with Gasteiger partial charge in [-0.25, -0.2) is 0 Å². The lowest BCUT2D eigenvalue weighted by Crippen LogP contribution is -2.15. The van der Waals surface area contributed by atoms with Crippen LogP contribution in [0.1, 0.15) is 26.2 Å². The Bertz CT molecular complexity index is 612. The van der Waals surface area contributed by atoms with E-state index in [9.17, 15) is 9.59 Å². The number of esters is 2. The standard InChI is InChI=1S/C30H58O15/c1-3-4-30(32)45-28-27-44-26-25-43-24-23-42-22-21-41-20-19-40-18-17-39-16-15-38-14-13-37-12-11-36-10-9-35-8-7-34-6-5-29(31)33-2/h3-28H2,1-2H3. The highest BCUT2D eigenvalue weighted by Gasteiger charge is 2.01. The summed E-state index contributed by atoms with van der Waals surface area (Å²) in [6.45, 7) is 12.4. The number of rotatable bonds is 38. The van der Waals surface area contributed by atoms with Crippen molar-refractivity contribution >= 4 is 11.9 Å². The van der Waals surface area contributed by atoms with E-state index in [1.165, 1.54) is 7.11 Å². The van der Waals surface area contributed by atoms with Gasteiger partial charge in [0.1, 0.15) is 6.61 Å². The van der Waals surface area contributed by atoms with Gasteiger partial charge in [0.15, 0.2) is 0 Å². The lowest BCUT2D eigenvalue weighted by molar-refractivity contribution is -0.145. The molecule has 45 heavy (non-hydrogen) atoms. The van der Waals surface area contributed by atoms with Crippen molar-refractivity contribution in [2.45, 2.75) is 26.2 Å². The van der Waals surface area contributed by atoms with Crippen molar-refractivity contribution in [3.05, 3.63) is 0 Å². The second-order valence-electron chi connectivity index (χ2n) is 9.03. The van der Waals surface area contributed by atoms with Gasteiger partial charge < -0.3 is 61.6 Å². The first-order valence-electron chi connectivity index (χ1n) is 15.8. The molecule has 0 aromatic rings. The van der Waals surface area contributed by atoms with Crippen LogP contribution in [0.4, 0.5) is 0 Å². The van der Waals surface area contributed by atoms with Gasteiger partial charge in [-0.2, -0.15) is 0 Å². The molecular weight excluding hydrogens is 600 g/mol. The number of ether oxygens (including phenoxy) is 13. The van der Waals surface area contributed by atoms with Crippen LogP contribution in [-0.4, -0.2) is 171 Å². The average molecular weight is 659 g/mol. The van der Waals surface area contributed by atoms with E-state index in [-0.39, 0.29) is 25.0 Å². The molecule has 0 N–H and O–H groups in total. The Hall–Kier alpha value is -1.50. The summed E-state index contributed by atoms with van der Waals surface area (Å²) in [7, 11) is 1.35. The Morgan fingerprint density at radius 2 is 0.578 bits per heavy atom. The highest BCUT2D eigenvalue weighted by molar-refractivity contribution is 5.69. The number of hydrogen-bond acceptors (Lipinski definition) is 15. The number of carbonyl (C=O) groups is 2. The summed E-state index contributed by atoms with van der Waals surface area (Å²) < 4.78 is 69.0. The molecule has 0 aromatic carbocycles. The Labute approximate surface area is 268 Å². The first-order valence-corrected chi connectivity index (χ1v) is 15.8. The third kappa shape index (κ3) is 38.6. The van der Waals surface area contributed by atoms with Crippen molar-refractivity contribution in [2.24, 2.45) is 0 Å². The SMILES string of the molecule is CCCC(=O)OCCOCCOCCOCCOCCOCCOCCOCCOCCOCCOCCOCCC(=O)OC. The molecule has 268 valence electrons. The smallest absolute Gasteiger partial charge is 0.307 e. The minimum atomic E-state index is -0.289. The van der Waals surface area contributed by atoms with Crippen LogP contribution >= 0.6 is 0 Å². The second kappa shape index (κ2) is 38.7. The van der Waals surface area contributed by atoms with Crippen molar-refractivity contribution in [1.82, 2.24) is 0 Å². The molecule has 0 bridgehead atoms. The predicted octanol–water partition coefficient (Wildman–Crippen LogP) is 1.08. The predicted molar refractivity (Wildman–Crippen MR) is 162 cm³/mol. The van der Waals surface area contributed by atoms with E-state index in [0.29, 0.717) is 152 Å². The van der Waals surface area contributed by atoms with Gasteiger partial charge in [0.25, 0.3) is 0 Å². The van der Waals surface area contributed by atoms with E-state index in [0.717, 1.165) is 6.42 Å². The molecule has 0 atom stereocenters. The topological polar surface area (TPSA) is 154 Å². The second-order valence-corrected chi connectivity index (χ2v) is 9.03. The van der Waals surface area contributed by atoms with Gasteiger partial charge in [-0.1, -0.05) is 6.92 Å². The minimum absolute atomic E-state index is 0.192. The summed E-state index contributed by atoms with van der Waals surface area (Å²) in [4.78, 5) is 22.1. The zero-order valence-corrected chi connectivity index (χ0v) is 27.5. The lowest BCUT2D eigenvalue weighted by Gasteiger charge is -2.09. The minimum Gasteiger partial charge on any atom is -0.469 e. The van der Waals surface area contributed by atoms with Crippen LogP contribution < -0.4 is 0 Å². The van der Waals surface area contributed by atoms with Crippen molar-refractivity contribution < 1.29 is 71.2 Å². The molecule has 0 saturated carbocycles. The molecule has 0 saturated heterocycles. The highest BCUT2D eigenvalue weighted by atomic mass is 16.6. The maximum Gasteiger partial charge on any atom is 0.307 e. The normalized spacial score (nSPS) is 11.2. The van der Waals surface area contributed by atoms with Crippen molar-refractivity contribution in [1.29, 1.82) is 0 Å². The van der Waals surface area contributed by atoms with Gasteiger partial charge in [0.05, 0.1) is 159 Å². The highest BCUT2D eigenvalue weighted by Crippen LogP contribution is 1.92. The zero-order chi connectivity index (χ0) is 32.7. The fourth-order valence-electron chi connectivity index (χ4n) is 3.05. The molecule has 0 spiro atoms. The third-order valence-corrected chi connectivity index (χ3v) is 5.34. The zero-order valence-electron chi connectivity index (χ0n) is 27.5. The van der Waals surface area contributed by atoms with Crippen LogP contribution in [-0.2, 0) is 71.2 Å². The molecule has 0 unspecified atom stereocenters. The van der Waals surface area contributed by atoms with Crippen molar-refractivity contribution in [3.63, 3.8) is 0 Å². The van der Waals surface area contributed by atoms with E-state index in [2.05, 4.69) is 4.74 Å². The summed E-state index contributed by atoms with van der Waals surface area (Å²) in [5, 5.41) is 0. The molecule has 15 heteroatoms. The molecule has 0 amide bonds. The van der Waals surface area contributed by atoms with Crippen LogP contribution in [0.25, 0.3) is 0 Å². The average Bonchev–Trinajstić information content (AvgIpc) is 3.04. The van der Waals surface area contributed by atoms with Gasteiger partial charge in [-0.3, -0.25) is 9.59 Å². The van der Waals surface area contributed by atoms with E-state index < -0.39 is 0 Å². The van der Waals surface area contributed by atoms with E-state index >= 15 is 0 Å². The number of carbonyl (C=O) groups excluding carboxylic acids is 2. The monoisotopic (exact) mass is 658 g/mol. The Kier molecular flexibility index (Phi) is 37.4. The fraction of sp³-hybridized carbons (Fsp3) is 0.933. The van der Waals surface area contributed by atoms with Crippen LogP contribution in [0.5, 0.6) is 0 Å². The molecule has 0 aliphatic heterocycles. The van der Waals surface area contributed by atoms with Gasteiger partial charge in [0, 0.05) is 6.42 Å². The van der Waals surface area contributed by atoms with E-state index in [4.69, 9.17) is 56.8 Å². The van der Waals surface area contributed by atoms with Crippen LogP contribution in [0.2, 0.25) is 0 Å². The Morgan fingerprint density at radius 3 is 0.822 bits per heavy atom. The van der Waals surface area contributed by atoms with Gasteiger partial charge in [-0.15, -0.1) is 0 Å². The third-order valence-electron chi connectivity index (χ3n) is 5.34. The fourth-order valence-corrected chi connectivity index (χ4v) is 3.05. The van der Waals surface area contributed by atoms with Crippen LogP contribution in [0.3, 0.4) is 0 Å². The first-order chi connectivity index (χ1) is 22.2. The molecule has 0 aromatic heterocycles.